The van der Waals surface area contributed by atoms with E-state index in [1.165, 1.54) is 0 Å². The summed E-state index contributed by atoms with van der Waals surface area (Å²) in [5.41, 5.74) is 3.37. The van der Waals surface area contributed by atoms with Crippen LogP contribution in [0.15, 0.2) is 60.8 Å². The zero-order valence-corrected chi connectivity index (χ0v) is 16.0. The maximum Gasteiger partial charge on any atom is 0.256 e. The number of amides is 2. The van der Waals surface area contributed by atoms with Crippen LogP contribution < -0.4 is 10.6 Å². The molecule has 2 amide bonds. The molecule has 2 heterocycles. The molecule has 1 aromatic heterocycles. The van der Waals surface area contributed by atoms with Crippen molar-refractivity contribution in [1.29, 1.82) is 0 Å². The minimum absolute atomic E-state index is 0.215. The molecule has 0 radical (unpaired) electrons. The number of hydrogen-bond acceptors (Lipinski definition) is 3. The third kappa shape index (κ3) is 3.81. The summed E-state index contributed by atoms with van der Waals surface area (Å²) >= 11 is 6.31. The summed E-state index contributed by atoms with van der Waals surface area (Å²) in [6, 6.07) is 15.4. The van der Waals surface area contributed by atoms with Crippen molar-refractivity contribution in [2.45, 2.75) is 6.04 Å². The van der Waals surface area contributed by atoms with E-state index < -0.39 is 11.9 Å². The smallest absolute Gasteiger partial charge is 0.256 e. The first-order valence-electron chi connectivity index (χ1n) is 9.04. The SMILES string of the molecule is O=C1Nc2cc(Cl)c(C(=O)N[C@H](CO)c3ccccc3)cc2/C1=C/c1ccc[nH]1. The standard InChI is InChI=1S/C22H18ClN3O3/c23-18-11-19-15(16(21(28)25-19)9-14-7-4-8-24-14)10-17(18)22(29)26-20(12-27)13-5-2-1-3-6-13/h1-11,20,24,27H,12H2,(H,25,28)(H,26,29)/b16-9-/t20-/m1/s1. The van der Waals surface area contributed by atoms with E-state index in [4.69, 9.17) is 11.6 Å². The Morgan fingerprint density at radius 3 is 2.66 bits per heavy atom. The Morgan fingerprint density at radius 2 is 1.97 bits per heavy atom. The van der Waals surface area contributed by atoms with Crippen molar-refractivity contribution in [3.8, 4) is 0 Å². The van der Waals surface area contributed by atoms with Crippen LogP contribution in [0.5, 0.6) is 0 Å². The summed E-state index contributed by atoms with van der Waals surface area (Å²) in [4.78, 5) is 28.3. The number of aromatic amines is 1. The van der Waals surface area contributed by atoms with Crippen LogP contribution in [0.4, 0.5) is 5.69 Å². The average Bonchev–Trinajstić information content (AvgIpc) is 3.34. The molecule has 0 unspecified atom stereocenters. The quantitative estimate of drug-likeness (QED) is 0.486. The van der Waals surface area contributed by atoms with E-state index in [1.54, 1.807) is 24.4 Å². The molecular formula is C22H18ClN3O3. The second-order valence-electron chi connectivity index (χ2n) is 6.63. The predicted molar refractivity (Wildman–Crippen MR) is 112 cm³/mol. The van der Waals surface area contributed by atoms with Crippen LogP contribution in [0.25, 0.3) is 11.6 Å². The lowest BCUT2D eigenvalue weighted by Gasteiger charge is -2.17. The molecular weight excluding hydrogens is 390 g/mol. The molecule has 0 aliphatic carbocycles. The predicted octanol–water partition coefficient (Wildman–Crippen LogP) is 3.62. The normalized spacial score (nSPS) is 15.1. The summed E-state index contributed by atoms with van der Waals surface area (Å²) in [5.74, 6) is -0.694. The highest BCUT2D eigenvalue weighted by molar-refractivity contribution is 6.38. The molecule has 29 heavy (non-hydrogen) atoms. The van der Waals surface area contributed by atoms with Crippen molar-refractivity contribution in [2.75, 3.05) is 11.9 Å². The summed E-state index contributed by atoms with van der Waals surface area (Å²) < 4.78 is 0. The van der Waals surface area contributed by atoms with Crippen LogP contribution in [0.2, 0.25) is 5.02 Å². The zero-order valence-electron chi connectivity index (χ0n) is 15.3. The van der Waals surface area contributed by atoms with Crippen LogP contribution in [-0.4, -0.2) is 28.5 Å². The fourth-order valence-corrected chi connectivity index (χ4v) is 3.52. The third-order valence-corrected chi connectivity index (χ3v) is 5.06. The van der Waals surface area contributed by atoms with Crippen LogP contribution in [-0.2, 0) is 4.79 Å². The topological polar surface area (TPSA) is 94.2 Å². The number of carbonyl (C=O) groups excluding carboxylic acids is 2. The number of aliphatic hydroxyl groups is 1. The van der Waals surface area contributed by atoms with Crippen molar-refractivity contribution in [2.24, 2.45) is 0 Å². The molecule has 0 bridgehead atoms. The van der Waals surface area contributed by atoms with Gasteiger partial charge in [-0.2, -0.15) is 0 Å². The van der Waals surface area contributed by atoms with E-state index >= 15 is 0 Å². The van der Waals surface area contributed by atoms with Gasteiger partial charge in [0.2, 0.25) is 0 Å². The van der Waals surface area contributed by atoms with Crippen LogP contribution in [0.1, 0.15) is 33.2 Å². The second kappa shape index (κ2) is 7.95. The number of aromatic nitrogens is 1. The highest BCUT2D eigenvalue weighted by Crippen LogP contribution is 2.37. The van der Waals surface area contributed by atoms with E-state index in [-0.39, 0.29) is 23.1 Å². The van der Waals surface area contributed by atoms with Crippen molar-refractivity contribution in [3.05, 3.63) is 88.2 Å². The van der Waals surface area contributed by atoms with E-state index in [9.17, 15) is 14.7 Å². The van der Waals surface area contributed by atoms with E-state index in [1.807, 2.05) is 42.5 Å². The Labute approximate surface area is 172 Å². The Hall–Kier alpha value is -3.35. The first kappa shape index (κ1) is 19.0. The number of benzene rings is 2. The molecule has 0 saturated heterocycles. The minimum atomic E-state index is -0.568. The zero-order chi connectivity index (χ0) is 20.4. The van der Waals surface area contributed by atoms with Gasteiger partial charge in [0.05, 0.1) is 34.5 Å². The number of fused-ring (bicyclic) bond motifs is 1. The lowest BCUT2D eigenvalue weighted by Crippen LogP contribution is -2.31. The van der Waals surface area contributed by atoms with Gasteiger partial charge in [0.25, 0.3) is 11.8 Å². The second-order valence-corrected chi connectivity index (χ2v) is 7.04. The Bertz CT molecular complexity index is 1090. The summed E-state index contributed by atoms with van der Waals surface area (Å²) in [7, 11) is 0. The first-order valence-corrected chi connectivity index (χ1v) is 9.41. The number of aliphatic hydroxyl groups excluding tert-OH is 1. The fraction of sp³-hybridized carbons (Fsp3) is 0.0909. The molecule has 0 fully saturated rings. The number of hydrogen-bond donors (Lipinski definition) is 4. The number of anilines is 1. The van der Waals surface area contributed by atoms with Gasteiger partial charge in [0, 0.05) is 17.5 Å². The highest BCUT2D eigenvalue weighted by atomic mass is 35.5. The lowest BCUT2D eigenvalue weighted by molar-refractivity contribution is -0.110. The summed E-state index contributed by atoms with van der Waals surface area (Å²) in [6.45, 7) is -0.254. The van der Waals surface area contributed by atoms with Gasteiger partial charge < -0.3 is 20.7 Å². The molecule has 1 atom stereocenters. The molecule has 7 heteroatoms. The monoisotopic (exact) mass is 407 g/mol. The van der Waals surface area contributed by atoms with Gasteiger partial charge in [-0.15, -0.1) is 0 Å². The Kier molecular flexibility index (Phi) is 5.20. The maximum atomic E-state index is 12.9. The molecule has 2 aromatic carbocycles. The fourth-order valence-electron chi connectivity index (χ4n) is 3.27. The highest BCUT2D eigenvalue weighted by Gasteiger charge is 2.27. The first-order chi connectivity index (χ1) is 14.1. The van der Waals surface area contributed by atoms with Crippen molar-refractivity contribution >= 4 is 40.8 Å². The Balaban J connectivity index is 1.66. The van der Waals surface area contributed by atoms with Gasteiger partial charge in [0.1, 0.15) is 0 Å². The van der Waals surface area contributed by atoms with Crippen molar-refractivity contribution in [3.63, 3.8) is 0 Å². The third-order valence-electron chi connectivity index (χ3n) is 4.75. The van der Waals surface area contributed by atoms with Gasteiger partial charge in [-0.25, -0.2) is 0 Å². The van der Waals surface area contributed by atoms with Gasteiger partial charge >= 0.3 is 0 Å². The molecule has 1 aliphatic rings. The summed E-state index contributed by atoms with van der Waals surface area (Å²) in [6.07, 6.45) is 3.48. The van der Waals surface area contributed by atoms with E-state index in [0.29, 0.717) is 16.8 Å². The number of halogens is 1. The molecule has 0 saturated carbocycles. The Morgan fingerprint density at radius 1 is 1.17 bits per heavy atom. The van der Waals surface area contributed by atoms with Crippen LogP contribution in [0, 0.1) is 0 Å². The van der Waals surface area contributed by atoms with Gasteiger partial charge in [-0.05, 0) is 35.9 Å². The largest absolute Gasteiger partial charge is 0.394 e. The lowest BCUT2D eigenvalue weighted by atomic mass is 10.0. The molecule has 6 nitrogen and oxygen atoms in total. The number of H-pyrrole nitrogens is 1. The van der Waals surface area contributed by atoms with Crippen LogP contribution >= 0.6 is 11.6 Å². The number of carbonyl (C=O) groups is 2. The average molecular weight is 408 g/mol. The van der Waals surface area contributed by atoms with Gasteiger partial charge in [-0.3, -0.25) is 9.59 Å². The van der Waals surface area contributed by atoms with E-state index in [2.05, 4.69) is 15.6 Å². The number of nitrogens with one attached hydrogen (secondary N) is 3. The molecule has 146 valence electrons. The maximum absolute atomic E-state index is 12.9. The molecule has 1 aliphatic heterocycles. The van der Waals surface area contributed by atoms with Crippen molar-refractivity contribution in [1.82, 2.24) is 10.3 Å². The minimum Gasteiger partial charge on any atom is -0.394 e. The number of rotatable bonds is 5. The van der Waals surface area contributed by atoms with Gasteiger partial charge in [-0.1, -0.05) is 41.9 Å². The van der Waals surface area contributed by atoms with E-state index in [0.717, 1.165) is 11.3 Å². The van der Waals surface area contributed by atoms with Crippen LogP contribution in [0.3, 0.4) is 0 Å². The molecule has 0 spiro atoms. The molecule has 4 rings (SSSR count). The molecule has 4 N–H and O–H groups in total. The molecule has 3 aromatic rings. The van der Waals surface area contributed by atoms with Crippen molar-refractivity contribution < 1.29 is 14.7 Å². The summed E-state index contributed by atoms with van der Waals surface area (Å²) in [5, 5.41) is 15.5. The van der Waals surface area contributed by atoms with Gasteiger partial charge in [0.15, 0.2) is 0 Å².